The Labute approximate surface area is 140 Å². The summed E-state index contributed by atoms with van der Waals surface area (Å²) in [7, 11) is 0. The lowest BCUT2D eigenvalue weighted by Crippen LogP contribution is -2.29. The first-order valence-corrected chi connectivity index (χ1v) is 10.1. The van der Waals surface area contributed by atoms with Crippen LogP contribution in [0, 0.1) is 11.3 Å². The largest absolute Gasteiger partial charge is 0.0780 e. The summed E-state index contributed by atoms with van der Waals surface area (Å²) >= 11 is 0. The third-order valence-corrected chi connectivity index (χ3v) is 5.52. The van der Waals surface area contributed by atoms with Crippen LogP contribution in [0.15, 0.2) is 23.8 Å². The Morgan fingerprint density at radius 2 is 1.50 bits per heavy atom. The zero-order valence-electron chi connectivity index (χ0n) is 15.8. The van der Waals surface area contributed by atoms with Gasteiger partial charge in [0.2, 0.25) is 0 Å². The zero-order valence-corrected chi connectivity index (χ0v) is 15.8. The second-order valence-corrected chi connectivity index (χ2v) is 7.57. The summed E-state index contributed by atoms with van der Waals surface area (Å²) in [5, 5.41) is 0. The van der Waals surface area contributed by atoms with Gasteiger partial charge in [0.05, 0.1) is 0 Å². The molecule has 0 bridgehead atoms. The highest BCUT2D eigenvalue weighted by atomic mass is 14.4. The molecule has 2 atom stereocenters. The maximum atomic E-state index is 2.53. The normalized spacial score (nSPS) is 24.5. The van der Waals surface area contributed by atoms with Crippen LogP contribution in [0.3, 0.4) is 0 Å². The van der Waals surface area contributed by atoms with Gasteiger partial charge >= 0.3 is 0 Å². The fraction of sp³-hybridized carbons (Fsp3) is 0.818. The van der Waals surface area contributed by atoms with Gasteiger partial charge < -0.3 is 0 Å². The number of hydrogen-bond acceptors (Lipinski definition) is 0. The van der Waals surface area contributed by atoms with Gasteiger partial charge in [0.1, 0.15) is 0 Å². The van der Waals surface area contributed by atoms with Crippen LogP contribution >= 0.6 is 0 Å². The number of hydrogen-bond donors (Lipinski definition) is 0. The number of unbranched alkanes of at least 4 members (excludes halogenated alkanes) is 6. The van der Waals surface area contributed by atoms with Crippen molar-refractivity contribution in [3.05, 3.63) is 23.8 Å². The van der Waals surface area contributed by atoms with Gasteiger partial charge in [-0.15, -0.1) is 0 Å². The summed E-state index contributed by atoms with van der Waals surface area (Å²) < 4.78 is 0. The van der Waals surface area contributed by atoms with E-state index in [-0.39, 0.29) is 0 Å². The average Bonchev–Trinajstić information content (AvgIpc) is 2.50. The van der Waals surface area contributed by atoms with E-state index in [1.165, 1.54) is 77.0 Å². The molecule has 0 spiro atoms. The van der Waals surface area contributed by atoms with E-state index < -0.39 is 0 Å². The fourth-order valence-electron chi connectivity index (χ4n) is 4.01. The molecule has 0 amide bonds. The van der Waals surface area contributed by atoms with Crippen molar-refractivity contribution in [3.63, 3.8) is 0 Å². The summed E-state index contributed by atoms with van der Waals surface area (Å²) in [6, 6.07) is 0. The minimum Gasteiger partial charge on any atom is -0.0780 e. The summed E-state index contributed by atoms with van der Waals surface area (Å²) in [6.45, 7) is 9.47. The van der Waals surface area contributed by atoms with Crippen LogP contribution in [0.5, 0.6) is 0 Å². The van der Waals surface area contributed by atoms with E-state index >= 15 is 0 Å². The lowest BCUT2D eigenvalue weighted by atomic mass is 9.65. The lowest BCUT2D eigenvalue weighted by molar-refractivity contribution is 0.235. The van der Waals surface area contributed by atoms with Crippen LogP contribution in [0.2, 0.25) is 0 Å². The van der Waals surface area contributed by atoms with Crippen LogP contribution < -0.4 is 0 Å². The van der Waals surface area contributed by atoms with Crippen molar-refractivity contribution in [2.24, 2.45) is 11.3 Å². The Balaban J connectivity index is 2.71. The second-order valence-electron chi connectivity index (χ2n) is 7.57. The van der Waals surface area contributed by atoms with Crippen LogP contribution in [0.1, 0.15) is 105 Å². The molecular formula is C22H40. The SMILES string of the molecule is CCCCCC1=CC=CC(C)(CCCCC)C1CCCCC. The molecule has 0 heterocycles. The summed E-state index contributed by atoms with van der Waals surface area (Å²) in [4.78, 5) is 0. The Morgan fingerprint density at radius 3 is 2.18 bits per heavy atom. The van der Waals surface area contributed by atoms with E-state index in [2.05, 4.69) is 45.9 Å². The predicted molar refractivity (Wildman–Crippen MR) is 101 cm³/mol. The molecule has 128 valence electrons. The molecule has 0 nitrogen and oxygen atoms in total. The first kappa shape index (κ1) is 19.5. The molecule has 0 aromatic heterocycles. The van der Waals surface area contributed by atoms with Gasteiger partial charge in [-0.3, -0.25) is 0 Å². The number of allylic oxidation sites excluding steroid dienone is 4. The van der Waals surface area contributed by atoms with Crippen LogP contribution in [0.4, 0.5) is 0 Å². The Kier molecular flexibility index (Phi) is 9.84. The monoisotopic (exact) mass is 304 g/mol. The van der Waals surface area contributed by atoms with Gasteiger partial charge in [-0.25, -0.2) is 0 Å². The summed E-state index contributed by atoms with van der Waals surface area (Å²) in [6.07, 6.45) is 23.8. The van der Waals surface area contributed by atoms with E-state index in [0.717, 1.165) is 5.92 Å². The molecule has 1 aliphatic rings. The highest BCUT2D eigenvalue weighted by Gasteiger charge is 2.34. The van der Waals surface area contributed by atoms with E-state index in [9.17, 15) is 0 Å². The minimum atomic E-state index is 0.416. The maximum Gasteiger partial charge on any atom is -0.00779 e. The molecule has 0 aromatic carbocycles. The van der Waals surface area contributed by atoms with Crippen molar-refractivity contribution >= 4 is 0 Å². The summed E-state index contributed by atoms with van der Waals surface area (Å²) in [5.74, 6) is 0.803. The maximum absolute atomic E-state index is 2.53. The molecule has 0 saturated carbocycles. The minimum absolute atomic E-state index is 0.416. The molecule has 1 aliphatic carbocycles. The third kappa shape index (κ3) is 6.31. The zero-order chi connectivity index (χ0) is 16.3. The van der Waals surface area contributed by atoms with E-state index in [4.69, 9.17) is 0 Å². The fourth-order valence-corrected chi connectivity index (χ4v) is 4.01. The van der Waals surface area contributed by atoms with Gasteiger partial charge in [-0.2, -0.15) is 0 Å². The third-order valence-electron chi connectivity index (χ3n) is 5.52. The van der Waals surface area contributed by atoms with Crippen molar-refractivity contribution in [3.8, 4) is 0 Å². The van der Waals surface area contributed by atoms with E-state index in [1.54, 1.807) is 5.57 Å². The van der Waals surface area contributed by atoms with Gasteiger partial charge in [0.15, 0.2) is 0 Å². The Morgan fingerprint density at radius 1 is 0.864 bits per heavy atom. The van der Waals surface area contributed by atoms with Crippen LogP contribution in [-0.2, 0) is 0 Å². The highest BCUT2D eigenvalue weighted by Crippen LogP contribution is 2.45. The standard InChI is InChI=1S/C22H40/c1-5-8-11-15-20-16-14-19-22(4,18-13-10-7-3)21(20)17-12-9-6-2/h14,16,19,21H,5-13,15,17-18H2,1-4H3. The van der Waals surface area contributed by atoms with Gasteiger partial charge in [0.25, 0.3) is 0 Å². The van der Waals surface area contributed by atoms with Crippen molar-refractivity contribution in [2.75, 3.05) is 0 Å². The molecule has 0 fully saturated rings. The van der Waals surface area contributed by atoms with Crippen molar-refractivity contribution < 1.29 is 0 Å². The quantitative estimate of drug-likeness (QED) is 0.322. The topological polar surface area (TPSA) is 0 Å². The van der Waals surface area contributed by atoms with Crippen LogP contribution in [-0.4, -0.2) is 0 Å². The molecule has 0 aromatic rings. The summed E-state index contributed by atoms with van der Waals surface area (Å²) in [5.41, 5.74) is 2.17. The first-order chi connectivity index (χ1) is 10.7. The van der Waals surface area contributed by atoms with Crippen molar-refractivity contribution in [2.45, 2.75) is 105 Å². The molecule has 2 unspecified atom stereocenters. The molecule has 0 aliphatic heterocycles. The number of rotatable bonds is 12. The van der Waals surface area contributed by atoms with Crippen LogP contribution in [0.25, 0.3) is 0 Å². The van der Waals surface area contributed by atoms with Crippen molar-refractivity contribution in [1.82, 2.24) is 0 Å². The van der Waals surface area contributed by atoms with Crippen molar-refractivity contribution in [1.29, 1.82) is 0 Å². The van der Waals surface area contributed by atoms with E-state index in [1.807, 2.05) is 0 Å². The molecule has 22 heavy (non-hydrogen) atoms. The lowest BCUT2D eigenvalue weighted by Gasteiger charge is -2.40. The Bertz CT molecular complexity index is 336. The molecule has 0 saturated heterocycles. The molecule has 0 radical (unpaired) electrons. The molecule has 0 heteroatoms. The second kappa shape index (κ2) is 11.1. The Hall–Kier alpha value is -0.520. The van der Waals surface area contributed by atoms with Gasteiger partial charge in [-0.05, 0) is 37.0 Å². The molecule has 1 rings (SSSR count). The molecular weight excluding hydrogens is 264 g/mol. The smallest absolute Gasteiger partial charge is 0.00779 e. The van der Waals surface area contributed by atoms with Gasteiger partial charge in [0, 0.05) is 0 Å². The first-order valence-electron chi connectivity index (χ1n) is 10.1. The van der Waals surface area contributed by atoms with Gasteiger partial charge in [-0.1, -0.05) is 103 Å². The average molecular weight is 305 g/mol. The predicted octanol–water partition coefficient (Wildman–Crippen LogP) is 7.85. The highest BCUT2D eigenvalue weighted by molar-refractivity contribution is 5.27. The van der Waals surface area contributed by atoms with E-state index in [0.29, 0.717) is 5.41 Å². The molecule has 0 N–H and O–H groups in total.